The van der Waals surface area contributed by atoms with Gasteiger partial charge in [0.1, 0.15) is 17.8 Å². The average Bonchev–Trinajstić information content (AvgIpc) is 3.38. The molecular weight excluding hydrogens is 428 g/mol. The van der Waals surface area contributed by atoms with Gasteiger partial charge in [0.25, 0.3) is 5.91 Å². The molecule has 0 unspecified atom stereocenters. The molecule has 0 spiro atoms. The van der Waals surface area contributed by atoms with E-state index in [1.165, 1.54) is 11.9 Å². The lowest BCUT2D eigenvalue weighted by atomic mass is 9.91. The zero-order chi connectivity index (χ0) is 23.7. The average molecular weight is 455 g/mol. The lowest BCUT2D eigenvalue weighted by molar-refractivity contribution is 0.0963. The fourth-order valence-electron chi connectivity index (χ4n) is 4.50. The van der Waals surface area contributed by atoms with Gasteiger partial charge in [-0.1, -0.05) is 48.0 Å². The molecule has 172 valence electrons. The molecule has 1 aliphatic rings. The molecule has 5 rings (SSSR count). The van der Waals surface area contributed by atoms with E-state index in [0.717, 1.165) is 16.9 Å². The van der Waals surface area contributed by atoms with Gasteiger partial charge in [-0.3, -0.25) is 9.69 Å². The summed E-state index contributed by atoms with van der Waals surface area (Å²) in [4.78, 5) is 20.2. The van der Waals surface area contributed by atoms with Gasteiger partial charge < -0.3 is 9.47 Å². The Morgan fingerprint density at radius 2 is 1.56 bits per heavy atom. The Labute approximate surface area is 198 Å². The number of ether oxygens (including phenoxy) is 2. The Morgan fingerprint density at radius 1 is 0.882 bits per heavy atom. The first-order chi connectivity index (χ1) is 16.6. The summed E-state index contributed by atoms with van der Waals surface area (Å²) in [5, 5.41) is 4.52. The highest BCUT2D eigenvalue weighted by atomic mass is 16.5. The van der Waals surface area contributed by atoms with E-state index in [9.17, 15) is 4.79 Å². The van der Waals surface area contributed by atoms with Crippen LogP contribution in [-0.4, -0.2) is 34.9 Å². The fraction of sp³-hybridized carbons (Fsp3) is 0.222. The number of anilines is 1. The Balaban J connectivity index is 1.62. The Morgan fingerprint density at radius 3 is 2.26 bits per heavy atom. The molecule has 34 heavy (non-hydrogen) atoms. The third-order valence-electron chi connectivity index (χ3n) is 6.32. The van der Waals surface area contributed by atoms with Crippen molar-refractivity contribution in [2.45, 2.75) is 25.4 Å². The molecule has 3 aromatic carbocycles. The van der Waals surface area contributed by atoms with E-state index in [1.807, 2.05) is 41.1 Å². The lowest BCUT2D eigenvalue weighted by Gasteiger charge is -2.39. The van der Waals surface area contributed by atoms with Crippen LogP contribution in [0.25, 0.3) is 0 Å². The molecule has 0 N–H and O–H groups in total. The molecular formula is C27H26N4O3. The van der Waals surface area contributed by atoms with Crippen LogP contribution in [-0.2, 0) is 0 Å². The van der Waals surface area contributed by atoms with E-state index in [1.54, 1.807) is 31.3 Å². The fourth-order valence-corrected chi connectivity index (χ4v) is 4.50. The van der Waals surface area contributed by atoms with Crippen LogP contribution in [0, 0.1) is 6.92 Å². The van der Waals surface area contributed by atoms with Crippen molar-refractivity contribution in [1.29, 1.82) is 0 Å². The SMILES string of the molecule is COc1ccc([C@H]2C[C@H](c3ccc(C)cc3)N(C(=O)c3cccc(OC)c3)c3ncnn32)cc1. The van der Waals surface area contributed by atoms with E-state index in [-0.39, 0.29) is 18.0 Å². The summed E-state index contributed by atoms with van der Waals surface area (Å²) in [6.07, 6.45) is 2.16. The van der Waals surface area contributed by atoms with Crippen molar-refractivity contribution in [3.63, 3.8) is 0 Å². The van der Waals surface area contributed by atoms with Gasteiger partial charge in [-0.05, 0) is 54.8 Å². The highest BCUT2D eigenvalue weighted by molar-refractivity contribution is 6.06. The van der Waals surface area contributed by atoms with Crippen LogP contribution in [0.4, 0.5) is 5.95 Å². The highest BCUT2D eigenvalue weighted by Gasteiger charge is 2.39. The minimum Gasteiger partial charge on any atom is -0.497 e. The number of carbonyl (C=O) groups excluding carboxylic acids is 1. The van der Waals surface area contributed by atoms with Crippen molar-refractivity contribution in [1.82, 2.24) is 14.8 Å². The van der Waals surface area contributed by atoms with Crippen molar-refractivity contribution in [3.05, 3.63) is 101 Å². The molecule has 7 nitrogen and oxygen atoms in total. The third-order valence-corrected chi connectivity index (χ3v) is 6.32. The predicted molar refractivity (Wildman–Crippen MR) is 129 cm³/mol. The minimum atomic E-state index is -0.219. The van der Waals surface area contributed by atoms with Gasteiger partial charge in [0.2, 0.25) is 5.95 Å². The van der Waals surface area contributed by atoms with Crippen molar-refractivity contribution < 1.29 is 14.3 Å². The number of amides is 1. The maximum absolute atomic E-state index is 13.9. The van der Waals surface area contributed by atoms with Crippen LogP contribution in [0.3, 0.4) is 0 Å². The zero-order valence-corrected chi connectivity index (χ0v) is 19.4. The van der Waals surface area contributed by atoms with Crippen LogP contribution in [0.1, 0.15) is 45.6 Å². The quantitative estimate of drug-likeness (QED) is 0.425. The Bertz CT molecular complexity index is 1300. The molecule has 2 heterocycles. The van der Waals surface area contributed by atoms with Crippen molar-refractivity contribution in [2.24, 2.45) is 0 Å². The van der Waals surface area contributed by atoms with Crippen molar-refractivity contribution in [2.75, 3.05) is 19.1 Å². The van der Waals surface area contributed by atoms with Crippen LogP contribution in [0.15, 0.2) is 79.1 Å². The molecule has 2 atom stereocenters. The van der Waals surface area contributed by atoms with Gasteiger partial charge in [0.05, 0.1) is 26.3 Å². The molecule has 1 aliphatic heterocycles. The second-order valence-electron chi connectivity index (χ2n) is 8.36. The standard InChI is InChI=1S/C27H26N4O3/c1-18-7-9-19(10-8-18)24-16-25(20-11-13-22(33-2)14-12-20)31-27(28-17-29-31)30(24)26(32)21-5-4-6-23(15-21)34-3/h4-15,17,24-25H,16H2,1-3H3/t24-,25-/m1/s1. The van der Waals surface area contributed by atoms with E-state index < -0.39 is 0 Å². The number of hydrogen-bond acceptors (Lipinski definition) is 5. The second-order valence-corrected chi connectivity index (χ2v) is 8.36. The number of nitrogens with zero attached hydrogens (tertiary/aromatic N) is 4. The number of rotatable bonds is 5. The van der Waals surface area contributed by atoms with E-state index in [4.69, 9.17) is 9.47 Å². The van der Waals surface area contributed by atoms with E-state index in [0.29, 0.717) is 23.7 Å². The van der Waals surface area contributed by atoms with Crippen LogP contribution in [0.5, 0.6) is 11.5 Å². The van der Waals surface area contributed by atoms with Crippen LogP contribution in [0.2, 0.25) is 0 Å². The van der Waals surface area contributed by atoms with Gasteiger partial charge in [-0.2, -0.15) is 10.1 Å². The van der Waals surface area contributed by atoms with E-state index >= 15 is 0 Å². The molecule has 0 saturated carbocycles. The number of aromatic nitrogens is 3. The summed E-state index contributed by atoms with van der Waals surface area (Å²) in [6, 6.07) is 23.2. The summed E-state index contributed by atoms with van der Waals surface area (Å²) in [5.74, 6) is 1.80. The largest absolute Gasteiger partial charge is 0.497 e. The molecule has 0 radical (unpaired) electrons. The van der Waals surface area contributed by atoms with Gasteiger partial charge in [0.15, 0.2) is 0 Å². The zero-order valence-electron chi connectivity index (χ0n) is 19.4. The summed E-state index contributed by atoms with van der Waals surface area (Å²) in [5.41, 5.74) is 3.83. The van der Waals surface area contributed by atoms with Gasteiger partial charge >= 0.3 is 0 Å². The van der Waals surface area contributed by atoms with Gasteiger partial charge in [-0.15, -0.1) is 0 Å². The number of methoxy groups -OCH3 is 2. The predicted octanol–water partition coefficient (Wildman–Crippen LogP) is 4.98. The van der Waals surface area contributed by atoms with Crippen molar-refractivity contribution >= 4 is 11.9 Å². The number of fused-ring (bicyclic) bond motifs is 1. The van der Waals surface area contributed by atoms with Crippen molar-refractivity contribution in [3.8, 4) is 11.5 Å². The summed E-state index contributed by atoms with van der Waals surface area (Å²) < 4.78 is 12.5. The molecule has 4 aromatic rings. The van der Waals surface area contributed by atoms with Gasteiger partial charge in [-0.25, -0.2) is 4.68 Å². The van der Waals surface area contributed by atoms with Crippen LogP contribution >= 0.6 is 0 Å². The molecule has 0 aliphatic carbocycles. The first-order valence-corrected chi connectivity index (χ1v) is 11.2. The molecule has 0 saturated heterocycles. The minimum absolute atomic E-state index is 0.0796. The molecule has 1 amide bonds. The normalized spacial score (nSPS) is 17.2. The maximum Gasteiger partial charge on any atom is 0.261 e. The second kappa shape index (κ2) is 9.02. The maximum atomic E-state index is 13.9. The number of carbonyl (C=O) groups is 1. The van der Waals surface area contributed by atoms with Gasteiger partial charge in [0, 0.05) is 5.56 Å². The monoisotopic (exact) mass is 454 g/mol. The van der Waals surface area contributed by atoms with E-state index in [2.05, 4.69) is 41.3 Å². The first kappa shape index (κ1) is 21.7. The van der Waals surface area contributed by atoms with Crippen LogP contribution < -0.4 is 14.4 Å². The lowest BCUT2D eigenvalue weighted by Crippen LogP contribution is -2.42. The first-order valence-electron chi connectivity index (χ1n) is 11.2. The topological polar surface area (TPSA) is 69.5 Å². The Kier molecular flexibility index (Phi) is 5.76. The number of aryl methyl sites for hydroxylation is 1. The third kappa shape index (κ3) is 3.90. The molecule has 1 aromatic heterocycles. The number of hydrogen-bond donors (Lipinski definition) is 0. The molecule has 7 heteroatoms. The Hall–Kier alpha value is -4.13. The molecule has 0 bridgehead atoms. The smallest absolute Gasteiger partial charge is 0.261 e. The molecule has 0 fully saturated rings. The number of benzene rings is 3. The summed E-state index contributed by atoms with van der Waals surface area (Å²) in [7, 11) is 3.25. The highest BCUT2D eigenvalue weighted by Crippen LogP contribution is 2.42. The summed E-state index contributed by atoms with van der Waals surface area (Å²) in [6.45, 7) is 2.06. The summed E-state index contributed by atoms with van der Waals surface area (Å²) >= 11 is 0.